The predicted octanol–water partition coefficient (Wildman–Crippen LogP) is 4.42. The molecule has 2 saturated heterocycles. The topological polar surface area (TPSA) is 46.2 Å². The molecule has 2 aliphatic rings. The van der Waals surface area contributed by atoms with Crippen LogP contribution in [0.2, 0.25) is 0 Å². The molecular formula is C25H26O5. The fraction of sp³-hybridized carbons (Fsp3) is 0.360. The average Bonchev–Trinajstić information content (AvgIpc) is 2.82. The van der Waals surface area contributed by atoms with Gasteiger partial charge in [0.15, 0.2) is 6.29 Å². The number of ether oxygens (including phenoxy) is 5. The highest BCUT2D eigenvalue weighted by atomic mass is 16.7. The van der Waals surface area contributed by atoms with Crippen molar-refractivity contribution in [2.75, 3.05) is 20.8 Å². The first kappa shape index (κ1) is 19.7. The molecule has 2 aliphatic heterocycles. The Morgan fingerprint density at radius 2 is 1.50 bits per heavy atom. The molecule has 156 valence electrons. The van der Waals surface area contributed by atoms with E-state index in [0.717, 1.165) is 21.9 Å². The maximum atomic E-state index is 6.45. The van der Waals surface area contributed by atoms with Crippen molar-refractivity contribution in [2.45, 2.75) is 36.8 Å². The smallest absolute Gasteiger partial charge is 0.185 e. The van der Waals surface area contributed by atoms with Gasteiger partial charge in [0.05, 0.1) is 6.61 Å². The molecule has 0 aromatic heterocycles. The first-order valence-electron chi connectivity index (χ1n) is 10.3. The SMILES string of the molecule is COC1C(c2ccccc2)OC2COC(c3cccc4ccccc34)OC2C1OC. The Labute approximate surface area is 176 Å². The van der Waals surface area contributed by atoms with Gasteiger partial charge in [-0.2, -0.15) is 0 Å². The second-order valence-corrected chi connectivity index (χ2v) is 7.74. The third-order valence-corrected chi connectivity index (χ3v) is 6.08. The van der Waals surface area contributed by atoms with Crippen LogP contribution in [0.25, 0.3) is 10.8 Å². The van der Waals surface area contributed by atoms with E-state index in [0.29, 0.717) is 6.61 Å². The molecule has 0 aliphatic carbocycles. The number of methoxy groups -OCH3 is 2. The number of benzene rings is 3. The highest BCUT2D eigenvalue weighted by molar-refractivity contribution is 5.85. The highest BCUT2D eigenvalue weighted by Gasteiger charge is 2.51. The van der Waals surface area contributed by atoms with Crippen LogP contribution in [0.5, 0.6) is 0 Å². The van der Waals surface area contributed by atoms with E-state index in [1.54, 1.807) is 14.2 Å². The minimum atomic E-state index is -0.482. The van der Waals surface area contributed by atoms with Gasteiger partial charge < -0.3 is 23.7 Å². The van der Waals surface area contributed by atoms with Gasteiger partial charge in [-0.1, -0.05) is 72.8 Å². The summed E-state index contributed by atoms with van der Waals surface area (Å²) in [5, 5.41) is 2.28. The zero-order valence-corrected chi connectivity index (χ0v) is 17.1. The van der Waals surface area contributed by atoms with Crippen LogP contribution in [0.1, 0.15) is 23.5 Å². The molecule has 3 aromatic rings. The lowest BCUT2D eigenvalue weighted by Crippen LogP contribution is -2.60. The molecule has 5 heteroatoms. The van der Waals surface area contributed by atoms with Crippen molar-refractivity contribution in [3.05, 3.63) is 83.9 Å². The van der Waals surface area contributed by atoms with E-state index in [4.69, 9.17) is 23.7 Å². The number of hydrogen-bond acceptors (Lipinski definition) is 5. The summed E-state index contributed by atoms with van der Waals surface area (Å²) in [7, 11) is 3.39. The van der Waals surface area contributed by atoms with Crippen molar-refractivity contribution in [3.63, 3.8) is 0 Å². The quantitative estimate of drug-likeness (QED) is 0.642. The van der Waals surface area contributed by atoms with Crippen molar-refractivity contribution in [1.29, 1.82) is 0 Å². The van der Waals surface area contributed by atoms with Crippen molar-refractivity contribution < 1.29 is 23.7 Å². The monoisotopic (exact) mass is 406 g/mol. The number of hydrogen-bond donors (Lipinski definition) is 0. The normalized spacial score (nSPS) is 31.4. The summed E-state index contributed by atoms with van der Waals surface area (Å²) < 4.78 is 30.8. The predicted molar refractivity (Wildman–Crippen MR) is 113 cm³/mol. The molecule has 0 N–H and O–H groups in total. The molecule has 6 unspecified atom stereocenters. The Kier molecular flexibility index (Phi) is 5.54. The summed E-state index contributed by atoms with van der Waals surface area (Å²) in [5.74, 6) is 0. The van der Waals surface area contributed by atoms with Gasteiger partial charge in [0, 0.05) is 19.8 Å². The second-order valence-electron chi connectivity index (χ2n) is 7.74. The van der Waals surface area contributed by atoms with Crippen molar-refractivity contribution >= 4 is 10.8 Å². The molecule has 0 bridgehead atoms. The van der Waals surface area contributed by atoms with Gasteiger partial charge in [-0.25, -0.2) is 0 Å². The van der Waals surface area contributed by atoms with Gasteiger partial charge in [-0.3, -0.25) is 0 Å². The number of rotatable bonds is 4. The summed E-state index contributed by atoms with van der Waals surface area (Å²) in [5.41, 5.74) is 2.07. The maximum Gasteiger partial charge on any atom is 0.185 e. The van der Waals surface area contributed by atoms with Crippen molar-refractivity contribution in [2.24, 2.45) is 0 Å². The van der Waals surface area contributed by atoms with Gasteiger partial charge in [-0.15, -0.1) is 0 Å². The van der Waals surface area contributed by atoms with Crippen molar-refractivity contribution in [1.82, 2.24) is 0 Å². The van der Waals surface area contributed by atoms with Crippen molar-refractivity contribution in [3.8, 4) is 0 Å². The standard InChI is InChI=1S/C25H26O5/c1-26-23-21(17-10-4-3-5-11-17)29-20-15-28-25(30-22(20)24(23)27-2)19-14-8-12-16-9-6-7-13-18(16)19/h3-14,20-25H,15H2,1-2H3. The van der Waals surface area contributed by atoms with E-state index in [2.05, 4.69) is 24.3 Å². The summed E-state index contributed by atoms with van der Waals surface area (Å²) in [6.45, 7) is 0.429. The van der Waals surface area contributed by atoms with Gasteiger partial charge in [0.1, 0.15) is 30.5 Å². The first-order valence-corrected chi connectivity index (χ1v) is 10.3. The molecule has 5 nitrogen and oxygen atoms in total. The Balaban J connectivity index is 1.45. The second kappa shape index (κ2) is 8.46. The minimum absolute atomic E-state index is 0.238. The lowest BCUT2D eigenvalue weighted by atomic mass is 9.90. The fourth-order valence-corrected chi connectivity index (χ4v) is 4.63. The van der Waals surface area contributed by atoms with Gasteiger partial charge >= 0.3 is 0 Å². The van der Waals surface area contributed by atoms with Gasteiger partial charge in [-0.05, 0) is 16.3 Å². The molecule has 0 saturated carbocycles. The maximum absolute atomic E-state index is 6.45. The summed E-state index contributed by atoms with van der Waals surface area (Å²) >= 11 is 0. The third-order valence-electron chi connectivity index (χ3n) is 6.08. The molecule has 5 rings (SSSR count). The molecule has 0 spiro atoms. The van der Waals surface area contributed by atoms with Gasteiger partial charge in [0.2, 0.25) is 0 Å². The highest BCUT2D eigenvalue weighted by Crippen LogP contribution is 2.41. The summed E-state index contributed by atoms with van der Waals surface area (Å²) in [4.78, 5) is 0. The fourth-order valence-electron chi connectivity index (χ4n) is 4.63. The summed E-state index contributed by atoms with van der Waals surface area (Å²) in [6, 6.07) is 24.5. The van der Waals surface area contributed by atoms with Crippen LogP contribution in [0, 0.1) is 0 Å². The van der Waals surface area contributed by atoms with E-state index in [9.17, 15) is 0 Å². The molecule has 2 fully saturated rings. The van der Waals surface area contributed by atoms with E-state index in [1.165, 1.54) is 0 Å². The van der Waals surface area contributed by atoms with E-state index in [1.807, 2.05) is 48.5 Å². The van der Waals surface area contributed by atoms with Crippen LogP contribution >= 0.6 is 0 Å². The lowest BCUT2D eigenvalue weighted by Gasteiger charge is -2.49. The Hall–Kier alpha value is -2.28. The average molecular weight is 406 g/mol. The Morgan fingerprint density at radius 1 is 0.767 bits per heavy atom. The molecule has 0 radical (unpaired) electrons. The molecule has 3 aromatic carbocycles. The van der Waals surface area contributed by atoms with Crippen LogP contribution in [0.15, 0.2) is 72.8 Å². The van der Waals surface area contributed by atoms with E-state index in [-0.39, 0.29) is 30.5 Å². The van der Waals surface area contributed by atoms with E-state index >= 15 is 0 Å². The molecule has 2 heterocycles. The summed E-state index contributed by atoms with van der Waals surface area (Å²) in [6.07, 6.45) is -1.83. The van der Waals surface area contributed by atoms with Gasteiger partial charge in [0.25, 0.3) is 0 Å². The number of fused-ring (bicyclic) bond motifs is 2. The first-order chi connectivity index (χ1) is 14.8. The Bertz CT molecular complexity index is 986. The lowest BCUT2D eigenvalue weighted by molar-refractivity contribution is -0.334. The molecule has 6 atom stereocenters. The van der Waals surface area contributed by atoms with Crippen LogP contribution in [0.4, 0.5) is 0 Å². The van der Waals surface area contributed by atoms with Crippen LogP contribution in [0.3, 0.4) is 0 Å². The molecule has 30 heavy (non-hydrogen) atoms. The zero-order chi connectivity index (χ0) is 20.5. The third kappa shape index (κ3) is 3.43. The van der Waals surface area contributed by atoms with E-state index < -0.39 is 6.29 Å². The molecule has 0 amide bonds. The zero-order valence-electron chi connectivity index (χ0n) is 17.1. The minimum Gasteiger partial charge on any atom is -0.376 e. The Morgan fingerprint density at radius 3 is 2.30 bits per heavy atom. The largest absolute Gasteiger partial charge is 0.376 e. The molecular weight excluding hydrogens is 380 g/mol. The van der Waals surface area contributed by atoms with Crippen LogP contribution < -0.4 is 0 Å². The van der Waals surface area contributed by atoms with Crippen LogP contribution in [-0.2, 0) is 23.7 Å². The van der Waals surface area contributed by atoms with Crippen LogP contribution in [-0.4, -0.2) is 45.2 Å².